The third-order valence-corrected chi connectivity index (χ3v) is 2.70. The molecule has 1 aromatic rings. The molecule has 17 heavy (non-hydrogen) atoms. The lowest BCUT2D eigenvalue weighted by Crippen LogP contribution is -2.34. The molecule has 0 saturated carbocycles. The molecule has 4 nitrogen and oxygen atoms in total. The van der Waals surface area contributed by atoms with E-state index in [0.29, 0.717) is 23.3 Å². The fourth-order valence-electron chi connectivity index (χ4n) is 1.58. The van der Waals surface area contributed by atoms with Gasteiger partial charge in [-0.3, -0.25) is 4.98 Å². The Hall–Kier alpha value is -1.20. The van der Waals surface area contributed by atoms with Gasteiger partial charge in [0.2, 0.25) is 0 Å². The summed E-state index contributed by atoms with van der Waals surface area (Å²) >= 11 is 4.87. The summed E-state index contributed by atoms with van der Waals surface area (Å²) in [6.45, 7) is 5.80. The number of rotatable bonds is 6. The average molecular weight is 253 g/mol. The standard InChI is InChI=1S/C12H19N3OS/c1-9(2)15(6-7-16-3)10-4-5-11(12(13)17)14-8-10/h4-5,8-9H,6-7H2,1-3H3,(H2,13,17). The SMILES string of the molecule is COCCN(c1ccc(C(N)=S)nc1)C(C)C. The Morgan fingerprint density at radius 3 is 2.65 bits per heavy atom. The maximum atomic E-state index is 5.52. The van der Waals surface area contributed by atoms with Crippen LogP contribution in [-0.2, 0) is 4.74 Å². The number of nitrogens with two attached hydrogens (primary N) is 1. The van der Waals surface area contributed by atoms with Crippen LogP contribution in [-0.4, -0.2) is 36.3 Å². The molecule has 1 rings (SSSR count). The van der Waals surface area contributed by atoms with E-state index >= 15 is 0 Å². The van der Waals surface area contributed by atoms with Crippen LogP contribution in [0.1, 0.15) is 19.5 Å². The highest BCUT2D eigenvalue weighted by atomic mass is 32.1. The van der Waals surface area contributed by atoms with Crippen LogP contribution in [0.2, 0.25) is 0 Å². The molecule has 5 heteroatoms. The Morgan fingerprint density at radius 2 is 2.24 bits per heavy atom. The summed E-state index contributed by atoms with van der Waals surface area (Å²) in [6.07, 6.45) is 1.80. The zero-order valence-corrected chi connectivity index (χ0v) is 11.3. The second-order valence-electron chi connectivity index (χ2n) is 4.05. The highest BCUT2D eigenvalue weighted by Gasteiger charge is 2.10. The minimum Gasteiger partial charge on any atom is -0.388 e. The Bertz CT molecular complexity index is 365. The van der Waals surface area contributed by atoms with Gasteiger partial charge in [-0.25, -0.2) is 0 Å². The van der Waals surface area contributed by atoms with Gasteiger partial charge in [-0.15, -0.1) is 0 Å². The third kappa shape index (κ3) is 3.94. The molecule has 0 aliphatic carbocycles. The topological polar surface area (TPSA) is 51.4 Å². The predicted octanol–water partition coefficient (Wildman–Crippen LogP) is 1.58. The van der Waals surface area contributed by atoms with E-state index in [2.05, 4.69) is 23.7 Å². The van der Waals surface area contributed by atoms with E-state index in [1.165, 1.54) is 0 Å². The first-order chi connectivity index (χ1) is 8.06. The smallest absolute Gasteiger partial charge is 0.122 e. The van der Waals surface area contributed by atoms with Gasteiger partial charge in [0, 0.05) is 19.7 Å². The van der Waals surface area contributed by atoms with Crippen molar-refractivity contribution < 1.29 is 4.74 Å². The van der Waals surface area contributed by atoms with Crippen LogP contribution in [0.25, 0.3) is 0 Å². The van der Waals surface area contributed by atoms with Crippen LogP contribution in [0.15, 0.2) is 18.3 Å². The van der Waals surface area contributed by atoms with Crippen molar-refractivity contribution in [1.29, 1.82) is 0 Å². The van der Waals surface area contributed by atoms with Crippen molar-refractivity contribution in [3.8, 4) is 0 Å². The van der Waals surface area contributed by atoms with Crippen LogP contribution in [0.5, 0.6) is 0 Å². The maximum Gasteiger partial charge on any atom is 0.122 e. The normalized spacial score (nSPS) is 10.6. The van der Waals surface area contributed by atoms with Gasteiger partial charge in [-0.2, -0.15) is 0 Å². The molecule has 0 aliphatic heterocycles. The number of methoxy groups -OCH3 is 1. The Morgan fingerprint density at radius 1 is 1.53 bits per heavy atom. The van der Waals surface area contributed by atoms with Crippen LogP contribution in [0, 0.1) is 0 Å². The van der Waals surface area contributed by atoms with E-state index < -0.39 is 0 Å². The summed E-state index contributed by atoms with van der Waals surface area (Å²) in [6, 6.07) is 4.22. The molecule has 0 atom stereocenters. The Kier molecular flexibility index (Phi) is 5.31. The van der Waals surface area contributed by atoms with Crippen LogP contribution in [0.3, 0.4) is 0 Å². The van der Waals surface area contributed by atoms with Crippen LogP contribution >= 0.6 is 12.2 Å². The van der Waals surface area contributed by atoms with E-state index in [0.717, 1.165) is 12.2 Å². The van der Waals surface area contributed by atoms with Crippen molar-refractivity contribution in [2.45, 2.75) is 19.9 Å². The van der Waals surface area contributed by atoms with Crippen molar-refractivity contribution in [2.24, 2.45) is 5.73 Å². The van der Waals surface area contributed by atoms with Crippen LogP contribution in [0.4, 0.5) is 5.69 Å². The van der Waals surface area contributed by atoms with Crippen LogP contribution < -0.4 is 10.6 Å². The summed E-state index contributed by atoms with van der Waals surface area (Å²) in [5, 5.41) is 0. The molecular weight excluding hydrogens is 234 g/mol. The van der Waals surface area contributed by atoms with Crippen molar-refractivity contribution in [2.75, 3.05) is 25.2 Å². The fraction of sp³-hybridized carbons (Fsp3) is 0.500. The zero-order valence-electron chi connectivity index (χ0n) is 10.5. The summed E-state index contributed by atoms with van der Waals surface area (Å²) in [7, 11) is 1.70. The lowest BCUT2D eigenvalue weighted by atomic mass is 10.2. The van der Waals surface area contributed by atoms with Gasteiger partial charge in [0.15, 0.2) is 0 Å². The summed E-state index contributed by atoms with van der Waals surface area (Å²) in [4.78, 5) is 6.79. The summed E-state index contributed by atoms with van der Waals surface area (Å²) < 4.78 is 5.10. The first-order valence-electron chi connectivity index (χ1n) is 5.57. The summed E-state index contributed by atoms with van der Waals surface area (Å²) in [5.41, 5.74) is 7.22. The van der Waals surface area contributed by atoms with Gasteiger partial charge in [-0.05, 0) is 26.0 Å². The van der Waals surface area contributed by atoms with Gasteiger partial charge in [0.05, 0.1) is 24.2 Å². The second-order valence-corrected chi connectivity index (χ2v) is 4.49. The number of anilines is 1. The van der Waals surface area contributed by atoms with E-state index in [-0.39, 0.29) is 0 Å². The van der Waals surface area contributed by atoms with Crippen molar-refractivity contribution in [1.82, 2.24) is 4.98 Å². The average Bonchev–Trinajstić information content (AvgIpc) is 2.29. The van der Waals surface area contributed by atoms with E-state index in [1.807, 2.05) is 12.1 Å². The van der Waals surface area contributed by atoms with Gasteiger partial charge in [0.25, 0.3) is 0 Å². The molecule has 94 valence electrons. The molecule has 2 N–H and O–H groups in total. The van der Waals surface area contributed by atoms with Gasteiger partial charge < -0.3 is 15.4 Å². The van der Waals surface area contributed by atoms with Gasteiger partial charge in [-0.1, -0.05) is 12.2 Å². The molecule has 0 saturated heterocycles. The number of hydrogen-bond donors (Lipinski definition) is 1. The molecule has 0 bridgehead atoms. The molecule has 0 unspecified atom stereocenters. The molecule has 0 aliphatic rings. The lowest BCUT2D eigenvalue weighted by Gasteiger charge is -2.28. The van der Waals surface area contributed by atoms with Gasteiger partial charge in [0.1, 0.15) is 4.99 Å². The minimum absolute atomic E-state index is 0.324. The maximum absolute atomic E-state index is 5.52. The molecular formula is C12H19N3OS. The minimum atomic E-state index is 0.324. The molecule has 0 radical (unpaired) electrons. The molecule has 0 fully saturated rings. The van der Waals surface area contributed by atoms with Crippen molar-refractivity contribution >= 4 is 22.9 Å². The first-order valence-corrected chi connectivity index (χ1v) is 5.98. The zero-order chi connectivity index (χ0) is 12.8. The molecule has 1 aromatic heterocycles. The number of ether oxygens (including phenoxy) is 1. The quantitative estimate of drug-likeness (QED) is 0.780. The molecule has 0 amide bonds. The van der Waals surface area contributed by atoms with Gasteiger partial charge >= 0.3 is 0 Å². The van der Waals surface area contributed by atoms with Crippen molar-refractivity contribution in [3.05, 3.63) is 24.0 Å². The fourth-order valence-corrected chi connectivity index (χ4v) is 1.70. The first kappa shape index (κ1) is 13.9. The number of nitrogens with zero attached hydrogens (tertiary/aromatic N) is 2. The number of thiocarbonyl (C=S) groups is 1. The second kappa shape index (κ2) is 6.51. The highest BCUT2D eigenvalue weighted by molar-refractivity contribution is 7.80. The molecule has 1 heterocycles. The molecule has 0 spiro atoms. The Labute approximate surface area is 108 Å². The Balaban J connectivity index is 2.83. The highest BCUT2D eigenvalue weighted by Crippen LogP contribution is 2.15. The monoisotopic (exact) mass is 253 g/mol. The largest absolute Gasteiger partial charge is 0.388 e. The lowest BCUT2D eigenvalue weighted by molar-refractivity contribution is 0.204. The van der Waals surface area contributed by atoms with E-state index in [1.54, 1.807) is 13.3 Å². The van der Waals surface area contributed by atoms with Crippen molar-refractivity contribution in [3.63, 3.8) is 0 Å². The van der Waals surface area contributed by atoms with E-state index in [4.69, 9.17) is 22.7 Å². The predicted molar refractivity (Wildman–Crippen MR) is 74.5 cm³/mol. The number of aromatic nitrogens is 1. The molecule has 0 aromatic carbocycles. The number of pyridine rings is 1. The third-order valence-electron chi connectivity index (χ3n) is 2.49. The van der Waals surface area contributed by atoms with E-state index in [9.17, 15) is 0 Å². The summed E-state index contributed by atoms with van der Waals surface area (Å²) in [5.74, 6) is 0. The number of hydrogen-bond acceptors (Lipinski definition) is 4.